The standard InChI is InChI=1S/C21H34BNO2/c1-7-16-23(6)17-8-9-18-10-12-19(13-11-18)14-15-22-24-20(2,3)21(4,5)25-22/h10-15H,7-9,16-17H2,1-6H3/b15-14+. The smallest absolute Gasteiger partial charge is 0.400 e. The molecule has 0 atom stereocenters. The Morgan fingerprint density at radius 1 is 1.00 bits per heavy atom. The molecule has 1 fully saturated rings. The van der Waals surface area contributed by atoms with Gasteiger partial charge < -0.3 is 14.2 Å². The van der Waals surface area contributed by atoms with Gasteiger partial charge in [0.05, 0.1) is 11.2 Å². The molecule has 2 rings (SSSR count). The number of hydrogen-bond acceptors (Lipinski definition) is 3. The molecule has 0 aromatic heterocycles. The molecule has 138 valence electrons. The average molecular weight is 343 g/mol. The van der Waals surface area contributed by atoms with E-state index in [1.807, 2.05) is 5.98 Å². The van der Waals surface area contributed by atoms with Crippen LogP contribution in [0.15, 0.2) is 30.2 Å². The second kappa shape index (κ2) is 8.53. The van der Waals surface area contributed by atoms with E-state index in [0.717, 1.165) is 13.0 Å². The first-order chi connectivity index (χ1) is 11.7. The van der Waals surface area contributed by atoms with Gasteiger partial charge in [-0.1, -0.05) is 43.2 Å². The zero-order chi connectivity index (χ0) is 18.5. The predicted molar refractivity (Wildman–Crippen MR) is 108 cm³/mol. The molecule has 1 aliphatic rings. The Kier molecular flexibility index (Phi) is 6.90. The lowest BCUT2D eigenvalue weighted by Crippen LogP contribution is -2.41. The first-order valence-electron chi connectivity index (χ1n) is 9.55. The molecule has 0 aliphatic carbocycles. The van der Waals surface area contributed by atoms with Crippen LogP contribution in [0.25, 0.3) is 6.08 Å². The van der Waals surface area contributed by atoms with Crippen molar-refractivity contribution in [3.05, 3.63) is 41.4 Å². The Labute approximate surface area is 154 Å². The molecular formula is C21H34BNO2. The van der Waals surface area contributed by atoms with Gasteiger partial charge in [0.25, 0.3) is 0 Å². The van der Waals surface area contributed by atoms with Crippen molar-refractivity contribution in [2.45, 2.75) is 65.1 Å². The van der Waals surface area contributed by atoms with Crippen LogP contribution >= 0.6 is 0 Å². The van der Waals surface area contributed by atoms with Crippen molar-refractivity contribution >= 4 is 13.2 Å². The molecule has 0 unspecified atom stereocenters. The van der Waals surface area contributed by atoms with Gasteiger partial charge in [-0.2, -0.15) is 0 Å². The highest BCUT2D eigenvalue weighted by Gasteiger charge is 2.49. The third kappa shape index (κ3) is 5.70. The topological polar surface area (TPSA) is 21.7 Å². The Hall–Kier alpha value is -1.10. The van der Waals surface area contributed by atoms with Crippen LogP contribution in [-0.2, 0) is 15.7 Å². The van der Waals surface area contributed by atoms with Crippen molar-refractivity contribution in [3.8, 4) is 0 Å². The molecule has 1 aliphatic heterocycles. The number of aryl methyl sites for hydroxylation is 1. The number of hydrogen-bond donors (Lipinski definition) is 0. The van der Waals surface area contributed by atoms with E-state index < -0.39 is 0 Å². The third-order valence-corrected chi connectivity index (χ3v) is 5.31. The molecule has 4 heteroatoms. The van der Waals surface area contributed by atoms with Crippen LogP contribution in [0, 0.1) is 0 Å². The van der Waals surface area contributed by atoms with Crippen LogP contribution < -0.4 is 0 Å². The van der Waals surface area contributed by atoms with Crippen molar-refractivity contribution in [2.75, 3.05) is 20.1 Å². The zero-order valence-electron chi connectivity index (χ0n) is 16.8. The van der Waals surface area contributed by atoms with Gasteiger partial charge in [-0.25, -0.2) is 0 Å². The molecule has 0 radical (unpaired) electrons. The lowest BCUT2D eigenvalue weighted by Gasteiger charge is -2.32. The van der Waals surface area contributed by atoms with Crippen LogP contribution in [-0.4, -0.2) is 43.4 Å². The molecule has 1 aromatic carbocycles. The first-order valence-corrected chi connectivity index (χ1v) is 9.55. The molecule has 0 amide bonds. The van der Waals surface area contributed by atoms with E-state index in [1.165, 1.54) is 30.5 Å². The van der Waals surface area contributed by atoms with E-state index in [4.69, 9.17) is 9.31 Å². The molecule has 1 aromatic rings. The maximum Gasteiger partial charge on any atom is 0.487 e. The summed E-state index contributed by atoms with van der Waals surface area (Å²) in [5, 5.41) is 0. The van der Waals surface area contributed by atoms with Crippen molar-refractivity contribution in [2.24, 2.45) is 0 Å². The molecule has 3 nitrogen and oxygen atoms in total. The number of nitrogens with zero attached hydrogens (tertiary/aromatic N) is 1. The predicted octanol–water partition coefficient (Wildman–Crippen LogP) is 4.61. The highest BCUT2D eigenvalue weighted by atomic mass is 16.7. The molecule has 0 spiro atoms. The van der Waals surface area contributed by atoms with E-state index in [2.05, 4.69) is 76.9 Å². The third-order valence-electron chi connectivity index (χ3n) is 5.31. The van der Waals surface area contributed by atoms with E-state index in [9.17, 15) is 0 Å². The molecule has 0 bridgehead atoms. The molecule has 0 N–H and O–H groups in total. The maximum absolute atomic E-state index is 5.99. The van der Waals surface area contributed by atoms with Gasteiger partial charge in [-0.15, -0.1) is 0 Å². The fourth-order valence-corrected chi connectivity index (χ4v) is 3.00. The second-order valence-electron chi connectivity index (χ2n) is 8.13. The van der Waals surface area contributed by atoms with Gasteiger partial charge in [-0.3, -0.25) is 0 Å². The second-order valence-corrected chi connectivity index (χ2v) is 8.13. The van der Waals surface area contributed by atoms with E-state index >= 15 is 0 Å². The molecule has 1 heterocycles. The summed E-state index contributed by atoms with van der Waals surface area (Å²) in [4.78, 5) is 2.40. The van der Waals surface area contributed by atoms with Crippen LogP contribution in [0.3, 0.4) is 0 Å². The minimum Gasteiger partial charge on any atom is -0.400 e. The van der Waals surface area contributed by atoms with Crippen LogP contribution in [0.5, 0.6) is 0 Å². The van der Waals surface area contributed by atoms with Gasteiger partial charge in [0.15, 0.2) is 0 Å². The van der Waals surface area contributed by atoms with Gasteiger partial charge in [-0.05, 0) is 78.2 Å². The largest absolute Gasteiger partial charge is 0.487 e. The summed E-state index contributed by atoms with van der Waals surface area (Å²) in [6, 6.07) is 8.80. The number of rotatable bonds is 8. The lowest BCUT2D eigenvalue weighted by atomic mass is 9.89. The van der Waals surface area contributed by atoms with Crippen LogP contribution in [0.4, 0.5) is 0 Å². The Morgan fingerprint density at radius 3 is 2.16 bits per heavy atom. The summed E-state index contributed by atoms with van der Waals surface area (Å²) in [7, 11) is 1.92. The van der Waals surface area contributed by atoms with Gasteiger partial charge >= 0.3 is 7.12 Å². The van der Waals surface area contributed by atoms with Crippen LogP contribution in [0.2, 0.25) is 0 Å². The highest BCUT2D eigenvalue weighted by Crippen LogP contribution is 2.37. The maximum atomic E-state index is 5.99. The lowest BCUT2D eigenvalue weighted by molar-refractivity contribution is 0.00578. The fourth-order valence-electron chi connectivity index (χ4n) is 3.00. The summed E-state index contributed by atoms with van der Waals surface area (Å²) >= 11 is 0. The normalized spacial score (nSPS) is 19.2. The first kappa shape index (κ1) is 20.2. The molecule has 25 heavy (non-hydrogen) atoms. The van der Waals surface area contributed by atoms with Gasteiger partial charge in [0, 0.05) is 0 Å². The van der Waals surface area contributed by atoms with Crippen molar-refractivity contribution < 1.29 is 9.31 Å². The average Bonchev–Trinajstić information content (AvgIpc) is 2.74. The Balaban J connectivity index is 1.82. The van der Waals surface area contributed by atoms with Gasteiger partial charge in [0.1, 0.15) is 0 Å². The fraction of sp³-hybridized carbons (Fsp3) is 0.619. The minimum absolute atomic E-state index is 0.279. The Bertz CT molecular complexity index is 550. The molecule has 0 saturated carbocycles. The monoisotopic (exact) mass is 343 g/mol. The van der Waals surface area contributed by atoms with E-state index in [0.29, 0.717) is 0 Å². The summed E-state index contributed by atoms with van der Waals surface area (Å²) in [6.07, 6.45) is 5.65. The summed E-state index contributed by atoms with van der Waals surface area (Å²) < 4.78 is 12.0. The van der Waals surface area contributed by atoms with Crippen LogP contribution in [0.1, 0.15) is 58.6 Å². The highest BCUT2D eigenvalue weighted by molar-refractivity contribution is 6.52. The summed E-state index contributed by atoms with van der Waals surface area (Å²) in [5.74, 6) is 2.01. The quantitative estimate of drug-likeness (QED) is 0.644. The summed E-state index contributed by atoms with van der Waals surface area (Å²) in [5.41, 5.74) is 2.02. The molecule has 1 saturated heterocycles. The Morgan fingerprint density at radius 2 is 1.60 bits per heavy atom. The molecular weight excluding hydrogens is 309 g/mol. The van der Waals surface area contributed by atoms with E-state index in [1.54, 1.807) is 0 Å². The van der Waals surface area contributed by atoms with Gasteiger partial charge in [0.2, 0.25) is 0 Å². The van der Waals surface area contributed by atoms with Crippen molar-refractivity contribution in [1.82, 2.24) is 4.90 Å². The van der Waals surface area contributed by atoms with E-state index in [-0.39, 0.29) is 18.3 Å². The van der Waals surface area contributed by atoms with Crippen molar-refractivity contribution in [3.63, 3.8) is 0 Å². The number of benzene rings is 1. The summed E-state index contributed by atoms with van der Waals surface area (Å²) in [6.45, 7) is 12.9. The SMILES string of the molecule is CCCN(C)CCCc1ccc(/C=C/B2OC(C)(C)C(C)(C)O2)cc1. The zero-order valence-corrected chi connectivity index (χ0v) is 16.8. The minimum atomic E-state index is -0.281. The van der Waals surface area contributed by atoms with Crippen molar-refractivity contribution in [1.29, 1.82) is 0 Å².